The van der Waals surface area contributed by atoms with Crippen molar-refractivity contribution in [3.05, 3.63) is 34.5 Å². The number of rotatable bonds is 3. The minimum Gasteiger partial charge on any atom is -0.358 e. The van der Waals surface area contributed by atoms with Crippen LogP contribution in [0.15, 0.2) is 18.2 Å². The van der Waals surface area contributed by atoms with Gasteiger partial charge in [-0.05, 0) is 24.6 Å². The zero-order valence-electron chi connectivity index (χ0n) is 13.4. The Balaban J connectivity index is 1.45. The Morgan fingerprint density at radius 1 is 1.32 bits per heavy atom. The summed E-state index contributed by atoms with van der Waals surface area (Å²) in [5.41, 5.74) is 3.27. The molecular formula is C17H17ClN4O3. The van der Waals surface area contributed by atoms with Gasteiger partial charge in [0.25, 0.3) is 5.91 Å². The van der Waals surface area contributed by atoms with Crippen LogP contribution < -0.4 is 10.6 Å². The molecule has 0 radical (unpaired) electrons. The summed E-state index contributed by atoms with van der Waals surface area (Å²) in [5.74, 6) is -0.388. The molecule has 4 amide bonds. The van der Waals surface area contributed by atoms with Crippen molar-refractivity contribution in [3.63, 3.8) is 0 Å². The molecular weight excluding hydrogens is 344 g/mol. The van der Waals surface area contributed by atoms with E-state index in [-0.39, 0.29) is 18.2 Å². The Hall–Kier alpha value is -2.54. The Labute approximate surface area is 148 Å². The molecule has 3 heterocycles. The molecule has 2 aliphatic rings. The number of amides is 4. The summed E-state index contributed by atoms with van der Waals surface area (Å²) in [6.07, 6.45) is 1.28. The van der Waals surface area contributed by atoms with E-state index in [0.717, 1.165) is 28.6 Å². The van der Waals surface area contributed by atoms with Crippen molar-refractivity contribution in [3.8, 4) is 0 Å². The first-order chi connectivity index (χ1) is 12.0. The maximum absolute atomic E-state index is 12.5. The minimum atomic E-state index is -0.622. The fourth-order valence-electron chi connectivity index (χ4n) is 3.49. The van der Waals surface area contributed by atoms with Gasteiger partial charge in [-0.2, -0.15) is 0 Å². The van der Waals surface area contributed by atoms with E-state index in [4.69, 9.17) is 11.6 Å². The van der Waals surface area contributed by atoms with Crippen LogP contribution in [0.5, 0.6) is 0 Å². The van der Waals surface area contributed by atoms with Gasteiger partial charge in [0.05, 0.1) is 0 Å². The first kappa shape index (κ1) is 16.0. The lowest BCUT2D eigenvalue weighted by Crippen LogP contribution is -2.37. The van der Waals surface area contributed by atoms with Crippen LogP contribution in [0.3, 0.4) is 0 Å². The molecule has 0 aliphatic carbocycles. The molecule has 3 N–H and O–H groups in total. The lowest BCUT2D eigenvalue weighted by Gasteiger charge is -2.27. The maximum Gasteiger partial charge on any atom is 0.322 e. The molecule has 0 bridgehead atoms. The van der Waals surface area contributed by atoms with Crippen LogP contribution in [-0.2, 0) is 22.6 Å². The van der Waals surface area contributed by atoms with E-state index in [9.17, 15) is 14.4 Å². The number of carbonyl (C=O) groups is 3. The van der Waals surface area contributed by atoms with Crippen LogP contribution in [0.25, 0.3) is 10.9 Å². The Morgan fingerprint density at radius 3 is 2.92 bits per heavy atom. The van der Waals surface area contributed by atoms with E-state index in [1.807, 2.05) is 18.2 Å². The standard InChI is InChI=1S/C17H17ClN4O3/c18-9-1-2-12-10(7-9)11-8-22(6-5-13(11)19-12)15(23)4-3-14-16(24)21-17(25)20-14/h1-2,7,14,19H,3-6,8H2,(H2,20,21,24,25). The second kappa shape index (κ2) is 6.07. The Bertz CT molecular complexity index is 891. The third-order valence-corrected chi connectivity index (χ3v) is 5.03. The van der Waals surface area contributed by atoms with E-state index in [2.05, 4.69) is 15.6 Å². The number of nitrogens with one attached hydrogen (secondary N) is 3. The highest BCUT2D eigenvalue weighted by Gasteiger charge is 2.31. The van der Waals surface area contributed by atoms with E-state index in [0.29, 0.717) is 24.5 Å². The zero-order valence-corrected chi connectivity index (χ0v) is 14.2. The monoisotopic (exact) mass is 360 g/mol. The van der Waals surface area contributed by atoms with E-state index < -0.39 is 12.1 Å². The number of carbonyl (C=O) groups excluding carboxylic acids is 3. The number of fused-ring (bicyclic) bond motifs is 3. The second-order valence-electron chi connectivity index (χ2n) is 6.39. The van der Waals surface area contributed by atoms with E-state index in [1.165, 1.54) is 0 Å². The number of hydrogen-bond acceptors (Lipinski definition) is 3. The van der Waals surface area contributed by atoms with Gasteiger partial charge in [-0.25, -0.2) is 4.79 Å². The summed E-state index contributed by atoms with van der Waals surface area (Å²) in [5, 5.41) is 6.40. The summed E-state index contributed by atoms with van der Waals surface area (Å²) in [6, 6.07) is 4.59. The molecule has 4 rings (SSSR count). The summed E-state index contributed by atoms with van der Waals surface area (Å²) in [7, 11) is 0. The molecule has 1 aromatic heterocycles. The van der Waals surface area contributed by atoms with Crippen LogP contribution >= 0.6 is 11.6 Å². The molecule has 2 aromatic rings. The average molecular weight is 361 g/mol. The van der Waals surface area contributed by atoms with Crippen molar-refractivity contribution >= 4 is 40.3 Å². The number of aromatic amines is 1. The first-order valence-electron chi connectivity index (χ1n) is 8.19. The van der Waals surface area contributed by atoms with Crippen LogP contribution in [0.1, 0.15) is 24.1 Å². The summed E-state index contributed by atoms with van der Waals surface area (Å²) in [6.45, 7) is 1.16. The van der Waals surface area contributed by atoms with Gasteiger partial charge >= 0.3 is 6.03 Å². The van der Waals surface area contributed by atoms with Crippen molar-refractivity contribution in [2.75, 3.05) is 6.54 Å². The topological polar surface area (TPSA) is 94.3 Å². The maximum atomic E-state index is 12.5. The van der Waals surface area contributed by atoms with Gasteiger partial charge < -0.3 is 15.2 Å². The van der Waals surface area contributed by atoms with E-state index in [1.54, 1.807) is 4.90 Å². The lowest BCUT2D eigenvalue weighted by molar-refractivity contribution is -0.132. The van der Waals surface area contributed by atoms with E-state index >= 15 is 0 Å². The summed E-state index contributed by atoms with van der Waals surface area (Å²) < 4.78 is 0. The molecule has 1 atom stereocenters. The summed E-state index contributed by atoms with van der Waals surface area (Å²) in [4.78, 5) is 40.4. The Kier molecular flexibility index (Phi) is 3.88. The lowest BCUT2D eigenvalue weighted by atomic mass is 10.0. The third kappa shape index (κ3) is 2.95. The number of halogens is 1. The highest BCUT2D eigenvalue weighted by molar-refractivity contribution is 6.31. The predicted octanol–water partition coefficient (Wildman–Crippen LogP) is 1.69. The SMILES string of the molecule is O=C1NC(=O)C(CCC(=O)N2CCc3[nH]c4ccc(Cl)cc4c3C2)N1. The molecule has 2 aliphatic heterocycles. The number of urea groups is 1. The van der Waals surface area contributed by atoms with Gasteiger partial charge in [0.2, 0.25) is 5.91 Å². The van der Waals surface area contributed by atoms with Crippen LogP contribution in [0.2, 0.25) is 5.02 Å². The molecule has 8 heteroatoms. The van der Waals surface area contributed by atoms with Crippen LogP contribution in [0.4, 0.5) is 4.79 Å². The largest absolute Gasteiger partial charge is 0.358 e. The molecule has 1 saturated heterocycles. The fourth-order valence-corrected chi connectivity index (χ4v) is 3.66. The molecule has 130 valence electrons. The third-order valence-electron chi connectivity index (χ3n) is 4.80. The van der Waals surface area contributed by atoms with Gasteiger partial charge in [0.15, 0.2) is 0 Å². The number of benzene rings is 1. The molecule has 0 spiro atoms. The number of hydrogen-bond donors (Lipinski definition) is 3. The highest BCUT2D eigenvalue weighted by Crippen LogP contribution is 2.30. The van der Waals surface area contributed by atoms with Crippen LogP contribution in [0, 0.1) is 0 Å². The minimum absolute atomic E-state index is 0.0176. The normalized spacial score (nSPS) is 19.7. The van der Waals surface area contributed by atoms with Crippen molar-refractivity contribution in [2.45, 2.75) is 31.8 Å². The number of aromatic nitrogens is 1. The Morgan fingerprint density at radius 2 is 2.16 bits per heavy atom. The number of nitrogens with zero attached hydrogens (tertiary/aromatic N) is 1. The van der Waals surface area contributed by atoms with Crippen molar-refractivity contribution in [1.82, 2.24) is 20.5 Å². The van der Waals surface area contributed by atoms with Gasteiger partial charge in [-0.1, -0.05) is 11.6 Å². The van der Waals surface area contributed by atoms with Gasteiger partial charge in [0, 0.05) is 53.1 Å². The fraction of sp³-hybridized carbons (Fsp3) is 0.353. The van der Waals surface area contributed by atoms with Crippen molar-refractivity contribution in [1.29, 1.82) is 0 Å². The predicted molar refractivity (Wildman–Crippen MR) is 92.1 cm³/mol. The molecule has 1 fully saturated rings. The smallest absolute Gasteiger partial charge is 0.322 e. The van der Waals surface area contributed by atoms with Gasteiger partial charge in [0.1, 0.15) is 6.04 Å². The number of imide groups is 1. The van der Waals surface area contributed by atoms with Crippen molar-refractivity contribution < 1.29 is 14.4 Å². The molecule has 1 unspecified atom stereocenters. The summed E-state index contributed by atoms with van der Waals surface area (Å²) >= 11 is 6.10. The first-order valence-corrected chi connectivity index (χ1v) is 8.57. The molecule has 7 nitrogen and oxygen atoms in total. The zero-order chi connectivity index (χ0) is 17.6. The second-order valence-corrected chi connectivity index (χ2v) is 6.83. The van der Waals surface area contributed by atoms with Crippen molar-refractivity contribution in [2.24, 2.45) is 0 Å². The molecule has 25 heavy (non-hydrogen) atoms. The quantitative estimate of drug-likeness (QED) is 0.727. The van der Waals surface area contributed by atoms with Gasteiger partial charge in [-0.3, -0.25) is 14.9 Å². The molecule has 1 aromatic carbocycles. The van der Waals surface area contributed by atoms with Crippen LogP contribution in [-0.4, -0.2) is 40.3 Å². The molecule has 0 saturated carbocycles. The highest BCUT2D eigenvalue weighted by atomic mass is 35.5. The average Bonchev–Trinajstić information content (AvgIpc) is 3.11. The number of H-pyrrole nitrogens is 1. The van der Waals surface area contributed by atoms with Gasteiger partial charge in [-0.15, -0.1) is 0 Å².